The highest BCUT2D eigenvalue weighted by Crippen LogP contribution is 2.32. The molecule has 0 saturated heterocycles. The minimum Gasteiger partial charge on any atom is -0.451 e. The van der Waals surface area contributed by atoms with Crippen LogP contribution in [0.5, 0.6) is 0 Å². The number of hydrogen-bond donors (Lipinski definition) is 2. The standard InChI is InChI=1S/C18H26N2O4S/c1-11(2)6-7-19-18(23)20-16(21)10-24-17(22)15-9-13-8-12(3)4-5-14(13)25-15/h9,11-12H,4-8,10H2,1-3H3,(H2,19,20,21,23)/t12-/m1/s1. The summed E-state index contributed by atoms with van der Waals surface area (Å²) < 4.78 is 5.02. The van der Waals surface area contributed by atoms with Crippen molar-refractivity contribution in [1.82, 2.24) is 10.6 Å². The predicted octanol–water partition coefficient (Wildman–Crippen LogP) is 2.90. The molecule has 1 aliphatic carbocycles. The fourth-order valence-electron chi connectivity index (χ4n) is 2.69. The lowest BCUT2D eigenvalue weighted by molar-refractivity contribution is -0.123. The Morgan fingerprint density at radius 3 is 2.84 bits per heavy atom. The van der Waals surface area contributed by atoms with E-state index in [1.807, 2.05) is 19.9 Å². The van der Waals surface area contributed by atoms with Gasteiger partial charge in [-0.1, -0.05) is 20.8 Å². The molecule has 2 N–H and O–H groups in total. The highest BCUT2D eigenvalue weighted by Gasteiger charge is 2.22. The first-order valence-electron chi connectivity index (χ1n) is 8.71. The molecule has 0 radical (unpaired) electrons. The van der Waals surface area contributed by atoms with E-state index >= 15 is 0 Å². The molecule has 3 amide bonds. The Hall–Kier alpha value is -1.89. The summed E-state index contributed by atoms with van der Waals surface area (Å²) in [5.41, 5.74) is 1.21. The number of hydrogen-bond acceptors (Lipinski definition) is 5. The van der Waals surface area contributed by atoms with E-state index in [2.05, 4.69) is 17.6 Å². The third-order valence-corrected chi connectivity index (χ3v) is 5.34. The first kappa shape index (κ1) is 19.4. The van der Waals surface area contributed by atoms with Gasteiger partial charge in [-0.25, -0.2) is 9.59 Å². The third kappa shape index (κ3) is 6.16. The highest BCUT2D eigenvalue weighted by atomic mass is 32.1. The molecule has 0 saturated carbocycles. The van der Waals surface area contributed by atoms with Gasteiger partial charge in [0.25, 0.3) is 5.91 Å². The average molecular weight is 366 g/mol. The molecule has 0 aromatic carbocycles. The molecule has 7 heteroatoms. The summed E-state index contributed by atoms with van der Waals surface area (Å²) >= 11 is 1.44. The van der Waals surface area contributed by atoms with E-state index in [4.69, 9.17) is 4.74 Å². The van der Waals surface area contributed by atoms with Crippen LogP contribution in [0, 0.1) is 11.8 Å². The molecule has 1 heterocycles. The number of carbonyl (C=O) groups excluding carboxylic acids is 3. The lowest BCUT2D eigenvalue weighted by Crippen LogP contribution is -2.41. The summed E-state index contributed by atoms with van der Waals surface area (Å²) in [6, 6.07) is 1.30. The van der Waals surface area contributed by atoms with Gasteiger partial charge in [-0.3, -0.25) is 10.1 Å². The number of ether oxygens (including phenoxy) is 1. The number of esters is 1. The van der Waals surface area contributed by atoms with Gasteiger partial charge >= 0.3 is 12.0 Å². The van der Waals surface area contributed by atoms with E-state index in [1.165, 1.54) is 21.8 Å². The van der Waals surface area contributed by atoms with Crippen molar-refractivity contribution in [2.45, 2.75) is 46.5 Å². The maximum atomic E-state index is 12.1. The topological polar surface area (TPSA) is 84.5 Å². The Morgan fingerprint density at radius 1 is 1.36 bits per heavy atom. The largest absolute Gasteiger partial charge is 0.451 e. The van der Waals surface area contributed by atoms with Crippen LogP contribution in [0.3, 0.4) is 0 Å². The van der Waals surface area contributed by atoms with Crippen molar-refractivity contribution in [3.63, 3.8) is 0 Å². The van der Waals surface area contributed by atoms with Crippen molar-refractivity contribution in [1.29, 1.82) is 0 Å². The number of urea groups is 1. The van der Waals surface area contributed by atoms with Gasteiger partial charge in [0.05, 0.1) is 0 Å². The monoisotopic (exact) mass is 366 g/mol. The van der Waals surface area contributed by atoms with Crippen molar-refractivity contribution in [2.75, 3.05) is 13.2 Å². The number of rotatable bonds is 6. The number of carbonyl (C=O) groups is 3. The number of aryl methyl sites for hydroxylation is 1. The summed E-state index contributed by atoms with van der Waals surface area (Å²) in [7, 11) is 0. The Morgan fingerprint density at radius 2 is 2.12 bits per heavy atom. The first-order chi connectivity index (χ1) is 11.8. The molecule has 0 aliphatic heterocycles. The minimum absolute atomic E-state index is 0.463. The van der Waals surface area contributed by atoms with Gasteiger partial charge in [0.1, 0.15) is 4.88 Å². The normalized spacial score (nSPS) is 16.2. The molecule has 1 atom stereocenters. The Kier molecular flexibility index (Phi) is 6.99. The van der Waals surface area contributed by atoms with E-state index in [0.717, 1.165) is 25.7 Å². The summed E-state index contributed by atoms with van der Waals surface area (Å²) in [5, 5.41) is 4.74. The number of nitrogens with one attached hydrogen (secondary N) is 2. The molecular weight excluding hydrogens is 340 g/mol. The van der Waals surface area contributed by atoms with E-state index in [-0.39, 0.29) is 0 Å². The molecule has 0 spiro atoms. The van der Waals surface area contributed by atoms with Gasteiger partial charge in [-0.2, -0.15) is 0 Å². The van der Waals surface area contributed by atoms with E-state index in [9.17, 15) is 14.4 Å². The Labute approximate surface area is 152 Å². The van der Waals surface area contributed by atoms with E-state index in [1.54, 1.807) is 0 Å². The molecule has 0 unspecified atom stereocenters. The molecule has 1 aliphatic rings. The van der Waals surface area contributed by atoms with Crippen molar-refractivity contribution >= 4 is 29.2 Å². The zero-order valence-corrected chi connectivity index (χ0v) is 15.8. The lowest BCUT2D eigenvalue weighted by Gasteiger charge is -2.16. The van der Waals surface area contributed by atoms with Gasteiger partial charge in [0, 0.05) is 11.4 Å². The summed E-state index contributed by atoms with van der Waals surface area (Å²) in [4.78, 5) is 37.1. The third-order valence-electron chi connectivity index (χ3n) is 4.12. The van der Waals surface area contributed by atoms with Crippen LogP contribution in [-0.4, -0.2) is 31.1 Å². The first-order valence-corrected chi connectivity index (χ1v) is 9.53. The molecule has 2 rings (SSSR count). The molecule has 25 heavy (non-hydrogen) atoms. The fraction of sp³-hybridized carbons (Fsp3) is 0.611. The van der Waals surface area contributed by atoms with Crippen LogP contribution in [-0.2, 0) is 22.4 Å². The molecule has 1 aromatic rings. The van der Waals surface area contributed by atoms with Crippen LogP contribution in [0.4, 0.5) is 4.79 Å². The van der Waals surface area contributed by atoms with Crippen molar-refractivity contribution < 1.29 is 19.1 Å². The molecule has 138 valence electrons. The smallest absolute Gasteiger partial charge is 0.348 e. The SMILES string of the molecule is CC(C)CCNC(=O)NC(=O)COC(=O)c1cc2c(s1)CC[C@@H](C)C2. The van der Waals surface area contributed by atoms with E-state index in [0.29, 0.717) is 23.3 Å². The molecule has 6 nitrogen and oxygen atoms in total. The second kappa shape index (κ2) is 8.99. The fourth-order valence-corrected chi connectivity index (χ4v) is 3.79. The number of amides is 3. The maximum absolute atomic E-state index is 12.1. The van der Waals surface area contributed by atoms with Crippen molar-refractivity contribution in [2.24, 2.45) is 11.8 Å². The van der Waals surface area contributed by atoms with Crippen LogP contribution >= 0.6 is 11.3 Å². The second-order valence-electron chi connectivity index (χ2n) is 6.97. The summed E-state index contributed by atoms with van der Waals surface area (Å²) in [6.07, 6.45) is 3.94. The van der Waals surface area contributed by atoms with E-state index < -0.39 is 24.5 Å². The summed E-state index contributed by atoms with van der Waals surface area (Å²) in [5.74, 6) is -0.0460. The van der Waals surface area contributed by atoms with Crippen molar-refractivity contribution in [3.8, 4) is 0 Å². The maximum Gasteiger partial charge on any atom is 0.348 e. The van der Waals surface area contributed by atoms with Gasteiger partial charge in [0.15, 0.2) is 6.61 Å². The quantitative estimate of drug-likeness (QED) is 0.758. The minimum atomic E-state index is -0.634. The second-order valence-corrected chi connectivity index (χ2v) is 8.11. The zero-order valence-electron chi connectivity index (χ0n) is 15.0. The molecular formula is C18H26N2O4S. The highest BCUT2D eigenvalue weighted by molar-refractivity contribution is 7.14. The van der Waals surface area contributed by atoms with Crippen LogP contribution in [0.15, 0.2) is 6.07 Å². The van der Waals surface area contributed by atoms with Crippen LogP contribution in [0.1, 0.15) is 53.7 Å². The predicted molar refractivity (Wildman–Crippen MR) is 96.8 cm³/mol. The summed E-state index contributed by atoms with van der Waals surface area (Å²) in [6.45, 7) is 6.33. The number of fused-ring (bicyclic) bond motifs is 1. The van der Waals surface area contributed by atoms with Gasteiger partial charge in [0.2, 0.25) is 0 Å². The zero-order chi connectivity index (χ0) is 18.4. The molecule has 0 fully saturated rings. The van der Waals surface area contributed by atoms with Gasteiger partial charge < -0.3 is 10.1 Å². The number of imide groups is 1. The average Bonchev–Trinajstić information content (AvgIpc) is 2.95. The number of thiophene rings is 1. The van der Waals surface area contributed by atoms with Crippen LogP contribution < -0.4 is 10.6 Å². The molecule has 1 aromatic heterocycles. The van der Waals surface area contributed by atoms with Crippen LogP contribution in [0.2, 0.25) is 0 Å². The van der Waals surface area contributed by atoms with Crippen molar-refractivity contribution in [3.05, 3.63) is 21.4 Å². The lowest BCUT2D eigenvalue weighted by atomic mass is 9.90. The Balaban J connectivity index is 1.74. The molecule has 0 bridgehead atoms. The van der Waals surface area contributed by atoms with Crippen LogP contribution in [0.25, 0.3) is 0 Å². The Bertz CT molecular complexity index is 639. The van der Waals surface area contributed by atoms with Gasteiger partial charge in [-0.05, 0) is 49.1 Å². The van der Waals surface area contributed by atoms with Gasteiger partial charge in [-0.15, -0.1) is 11.3 Å².